The van der Waals surface area contributed by atoms with Crippen LogP contribution >= 0.6 is 12.2 Å². The summed E-state index contributed by atoms with van der Waals surface area (Å²) in [6, 6.07) is 14.6. The first-order valence-corrected chi connectivity index (χ1v) is 10.8. The Morgan fingerprint density at radius 2 is 1.94 bits per heavy atom. The molecule has 0 spiro atoms. The summed E-state index contributed by atoms with van der Waals surface area (Å²) in [4.78, 5) is 26.0. The van der Waals surface area contributed by atoms with Crippen LogP contribution < -0.4 is 10.7 Å². The lowest BCUT2D eigenvalue weighted by Crippen LogP contribution is -2.27. The molecular formula is C24H24N4O3S. The third kappa shape index (κ3) is 4.01. The van der Waals surface area contributed by atoms with E-state index in [2.05, 4.69) is 15.5 Å². The van der Waals surface area contributed by atoms with Crippen molar-refractivity contribution in [1.82, 2.24) is 20.1 Å². The smallest absolute Gasteiger partial charge is 0.255 e. The fraction of sp³-hybridized carbons (Fsp3) is 0.250. The molecule has 32 heavy (non-hydrogen) atoms. The van der Waals surface area contributed by atoms with Crippen LogP contribution in [0.3, 0.4) is 0 Å². The fourth-order valence-electron chi connectivity index (χ4n) is 3.78. The molecule has 0 saturated heterocycles. The number of nitrogens with zero attached hydrogens (tertiary/aromatic N) is 2. The maximum atomic E-state index is 13.0. The van der Waals surface area contributed by atoms with Gasteiger partial charge in [0.05, 0.1) is 10.9 Å². The molecule has 0 saturated carbocycles. The molecule has 2 heterocycles. The fourth-order valence-corrected chi connectivity index (χ4v) is 4.14. The summed E-state index contributed by atoms with van der Waals surface area (Å²) < 4.78 is 8.61. The van der Waals surface area contributed by atoms with E-state index in [-0.39, 0.29) is 23.0 Å². The Balaban J connectivity index is 1.64. The van der Waals surface area contributed by atoms with Crippen LogP contribution in [-0.4, -0.2) is 27.2 Å². The van der Waals surface area contributed by atoms with Crippen molar-refractivity contribution in [3.05, 3.63) is 80.5 Å². The number of carbonyl (C=O) groups excluding carboxylic acids is 1. The third-order valence-electron chi connectivity index (χ3n) is 5.35. The molecule has 7 nitrogen and oxygen atoms in total. The van der Waals surface area contributed by atoms with Crippen molar-refractivity contribution in [3.63, 3.8) is 0 Å². The number of H-pyrrole nitrogens is 1. The minimum atomic E-state index is -0.313. The quantitative estimate of drug-likeness (QED) is 0.421. The van der Waals surface area contributed by atoms with Gasteiger partial charge in [0.2, 0.25) is 0 Å². The van der Waals surface area contributed by atoms with E-state index in [4.69, 9.17) is 16.6 Å². The molecule has 4 aromatic rings. The molecule has 0 aliphatic heterocycles. The molecule has 0 fully saturated rings. The van der Waals surface area contributed by atoms with Gasteiger partial charge in [-0.3, -0.25) is 14.7 Å². The maximum Gasteiger partial charge on any atom is 0.255 e. The zero-order valence-electron chi connectivity index (χ0n) is 18.1. The first kappa shape index (κ1) is 21.7. The highest BCUT2D eigenvalue weighted by molar-refractivity contribution is 7.71. The van der Waals surface area contributed by atoms with Crippen LogP contribution in [0.4, 0.5) is 0 Å². The lowest BCUT2D eigenvalue weighted by atomic mass is 10.0. The van der Waals surface area contributed by atoms with Crippen molar-refractivity contribution >= 4 is 29.1 Å². The largest absolute Gasteiger partial charge is 0.455 e. The number of para-hydroxylation sites is 1. The highest BCUT2D eigenvalue weighted by Crippen LogP contribution is 2.27. The second-order valence-electron chi connectivity index (χ2n) is 7.85. The summed E-state index contributed by atoms with van der Waals surface area (Å²) in [5.74, 6) is 0.930. The van der Waals surface area contributed by atoms with E-state index in [0.717, 1.165) is 11.4 Å². The Morgan fingerprint density at radius 3 is 2.66 bits per heavy atom. The summed E-state index contributed by atoms with van der Waals surface area (Å²) in [5.41, 5.74) is 1.75. The van der Waals surface area contributed by atoms with Crippen molar-refractivity contribution < 1.29 is 9.21 Å². The summed E-state index contributed by atoms with van der Waals surface area (Å²) in [5, 5.41) is 10.3. The Hall–Kier alpha value is -3.52. The van der Waals surface area contributed by atoms with Crippen molar-refractivity contribution in [2.75, 3.05) is 6.54 Å². The molecule has 164 valence electrons. The number of nitrogens with one attached hydrogen (secondary N) is 2. The van der Waals surface area contributed by atoms with E-state index in [9.17, 15) is 9.59 Å². The lowest BCUT2D eigenvalue weighted by Gasteiger charge is -2.12. The van der Waals surface area contributed by atoms with Gasteiger partial charge < -0.3 is 14.3 Å². The SMILES string of the molecule is Cc1c(-c2ccccc2)oc2c(C(=O)NCCc3n[nH]c(=S)n3C(C)C)cccc2c1=O. The van der Waals surface area contributed by atoms with Crippen LogP contribution in [0.1, 0.15) is 41.6 Å². The van der Waals surface area contributed by atoms with E-state index in [1.54, 1.807) is 25.1 Å². The van der Waals surface area contributed by atoms with Crippen LogP contribution in [-0.2, 0) is 6.42 Å². The number of amides is 1. The first-order valence-electron chi connectivity index (χ1n) is 10.4. The summed E-state index contributed by atoms with van der Waals surface area (Å²) >= 11 is 5.27. The van der Waals surface area contributed by atoms with Gasteiger partial charge in [0.1, 0.15) is 11.6 Å². The van der Waals surface area contributed by atoms with Gasteiger partial charge in [-0.1, -0.05) is 36.4 Å². The summed E-state index contributed by atoms with van der Waals surface area (Å²) in [6.07, 6.45) is 0.514. The summed E-state index contributed by atoms with van der Waals surface area (Å²) in [7, 11) is 0. The molecule has 0 aliphatic carbocycles. The third-order valence-corrected chi connectivity index (χ3v) is 5.64. The molecule has 2 N–H and O–H groups in total. The number of rotatable bonds is 6. The molecule has 2 aromatic heterocycles. The van der Waals surface area contributed by atoms with E-state index in [1.165, 1.54) is 0 Å². The number of hydrogen-bond acceptors (Lipinski definition) is 5. The maximum absolute atomic E-state index is 13.0. The van der Waals surface area contributed by atoms with Crippen LogP contribution in [0.5, 0.6) is 0 Å². The van der Waals surface area contributed by atoms with Crippen molar-refractivity contribution in [2.24, 2.45) is 0 Å². The molecule has 0 radical (unpaired) electrons. The topological polar surface area (TPSA) is 92.9 Å². The molecule has 2 aromatic carbocycles. The van der Waals surface area contributed by atoms with Crippen molar-refractivity contribution in [2.45, 2.75) is 33.2 Å². The van der Waals surface area contributed by atoms with E-state index in [1.807, 2.05) is 48.7 Å². The van der Waals surface area contributed by atoms with Gasteiger partial charge >= 0.3 is 0 Å². The van der Waals surface area contributed by atoms with Gasteiger partial charge in [-0.2, -0.15) is 5.10 Å². The standard InChI is InChI=1S/C24H24N4O3S/c1-14(2)28-19(26-27-24(28)32)12-13-25-23(30)18-11-7-10-17-20(29)15(3)21(31-22(17)18)16-8-5-4-6-9-16/h4-11,14H,12-13H2,1-3H3,(H,25,30)(H,27,32). The Kier molecular flexibility index (Phi) is 6.05. The average Bonchev–Trinajstić information content (AvgIpc) is 3.16. The predicted octanol–water partition coefficient (Wildman–Crippen LogP) is 4.58. The van der Waals surface area contributed by atoms with Gasteiger partial charge in [0, 0.05) is 30.1 Å². The first-order chi connectivity index (χ1) is 15.4. The Morgan fingerprint density at radius 1 is 1.19 bits per heavy atom. The second-order valence-corrected chi connectivity index (χ2v) is 8.23. The van der Waals surface area contributed by atoms with Crippen LogP contribution in [0.25, 0.3) is 22.3 Å². The van der Waals surface area contributed by atoms with Crippen LogP contribution in [0, 0.1) is 11.7 Å². The molecule has 1 amide bonds. The Bertz CT molecular complexity index is 1400. The molecule has 0 bridgehead atoms. The average molecular weight is 449 g/mol. The number of aromatic nitrogens is 3. The van der Waals surface area contributed by atoms with Gasteiger partial charge in [-0.05, 0) is 45.1 Å². The second kappa shape index (κ2) is 8.92. The van der Waals surface area contributed by atoms with Crippen molar-refractivity contribution in [3.8, 4) is 11.3 Å². The van der Waals surface area contributed by atoms with Crippen LogP contribution in [0.15, 0.2) is 57.7 Å². The highest BCUT2D eigenvalue weighted by Gasteiger charge is 2.18. The molecule has 4 rings (SSSR count). The van der Waals surface area contributed by atoms with E-state index < -0.39 is 0 Å². The molecule has 0 unspecified atom stereocenters. The zero-order valence-corrected chi connectivity index (χ0v) is 19.0. The van der Waals surface area contributed by atoms with Crippen molar-refractivity contribution in [1.29, 1.82) is 0 Å². The number of aromatic amines is 1. The van der Waals surface area contributed by atoms with Gasteiger partial charge in [0.15, 0.2) is 15.8 Å². The molecule has 0 aliphatic rings. The minimum Gasteiger partial charge on any atom is -0.455 e. The van der Waals surface area contributed by atoms with Gasteiger partial charge in [-0.15, -0.1) is 0 Å². The number of fused-ring (bicyclic) bond motifs is 1. The normalized spacial score (nSPS) is 11.2. The molecule has 8 heteroatoms. The van der Waals surface area contributed by atoms with E-state index >= 15 is 0 Å². The minimum absolute atomic E-state index is 0.146. The zero-order chi connectivity index (χ0) is 22.8. The predicted molar refractivity (Wildman–Crippen MR) is 126 cm³/mol. The summed E-state index contributed by atoms with van der Waals surface area (Å²) in [6.45, 7) is 6.15. The van der Waals surface area contributed by atoms with Gasteiger partial charge in [0.25, 0.3) is 5.91 Å². The number of carbonyl (C=O) groups is 1. The van der Waals surface area contributed by atoms with Gasteiger partial charge in [-0.25, -0.2) is 0 Å². The highest BCUT2D eigenvalue weighted by atomic mass is 32.1. The Labute approximate surface area is 190 Å². The van der Waals surface area contributed by atoms with E-state index in [0.29, 0.717) is 40.0 Å². The molecular weight excluding hydrogens is 424 g/mol. The lowest BCUT2D eigenvalue weighted by molar-refractivity contribution is 0.0954. The van der Waals surface area contributed by atoms with Crippen LogP contribution in [0.2, 0.25) is 0 Å². The number of benzene rings is 2. The monoisotopic (exact) mass is 448 g/mol. The number of hydrogen-bond donors (Lipinski definition) is 2. The molecule has 0 atom stereocenters.